The van der Waals surface area contributed by atoms with Crippen molar-refractivity contribution in [2.75, 3.05) is 13.2 Å². The highest BCUT2D eigenvalue weighted by Crippen LogP contribution is 2.38. The zero-order chi connectivity index (χ0) is 55.6. The average Bonchev–Trinajstić information content (AvgIpc) is 3.42. The third kappa shape index (κ3) is 14.0. The van der Waals surface area contributed by atoms with Gasteiger partial charge in [-0.1, -0.05) is 120 Å². The van der Waals surface area contributed by atoms with Crippen LogP contribution in [-0.2, 0) is 54.7 Å². The van der Waals surface area contributed by atoms with Crippen LogP contribution in [-0.4, -0.2) is 46.9 Å². The molecule has 0 bridgehead atoms. The Morgan fingerprint density at radius 3 is 1.05 bits per heavy atom. The highest BCUT2D eigenvalue weighted by atomic mass is 32.2. The van der Waals surface area contributed by atoms with Crippen molar-refractivity contribution in [1.82, 2.24) is 0 Å². The topological polar surface area (TPSA) is 173 Å². The van der Waals surface area contributed by atoms with Crippen LogP contribution in [0.2, 0.25) is 0 Å². The molecule has 0 N–H and O–H groups in total. The van der Waals surface area contributed by atoms with E-state index in [2.05, 4.69) is 0 Å². The number of aryl methyl sites for hydroxylation is 2. The van der Waals surface area contributed by atoms with Crippen LogP contribution < -0.4 is 9.47 Å². The minimum atomic E-state index is -4.44. The number of hydrogen-bond donors (Lipinski definition) is 0. The van der Waals surface area contributed by atoms with Crippen molar-refractivity contribution in [2.45, 2.75) is 91.2 Å². The van der Waals surface area contributed by atoms with E-state index in [4.69, 9.17) is 17.8 Å². The van der Waals surface area contributed by atoms with Gasteiger partial charge in [0.1, 0.15) is 32.8 Å². The van der Waals surface area contributed by atoms with Gasteiger partial charge >= 0.3 is 0 Å². The van der Waals surface area contributed by atoms with Crippen LogP contribution >= 0.6 is 0 Å². The van der Waals surface area contributed by atoms with Gasteiger partial charge in [-0.25, -0.2) is 16.8 Å². The maximum Gasteiger partial charge on any atom is 0.297 e. The third-order valence-corrected chi connectivity index (χ3v) is 18.2. The maximum absolute atomic E-state index is 14.0. The molecule has 0 fully saturated rings. The molecule has 12 nitrogen and oxygen atoms in total. The fourth-order valence-electron chi connectivity index (χ4n) is 7.89. The van der Waals surface area contributed by atoms with Gasteiger partial charge in [0.2, 0.25) is 19.7 Å². The van der Waals surface area contributed by atoms with Crippen molar-refractivity contribution in [3.63, 3.8) is 0 Å². The van der Waals surface area contributed by atoms with E-state index >= 15 is 0 Å². The van der Waals surface area contributed by atoms with Gasteiger partial charge in [0.05, 0.1) is 32.8 Å². The standard InChI is InChI=1S/C61H60O12S4/c1-42-9-27-52(28-10-42)74(62,63)54-31-23-50(24-32-54)72-48-19-15-46(16-20-48)47-17-21-49(22-18-47)73-51-25-33-55(34-26-51)75(64,65)53-29-12-44(13-30-53)38-45-14-36-57(59(39-45)77(68,69)71-41-61(6,7)8)56-35-11-43(2)37-58(56)76(66,67)70-40-60(3,4)5/h9-37,39H,38,40-41H2,1-8H3. The van der Waals surface area contributed by atoms with Crippen LogP contribution in [0.25, 0.3) is 22.3 Å². The van der Waals surface area contributed by atoms with E-state index in [-0.39, 0.29) is 60.1 Å². The zero-order valence-electron chi connectivity index (χ0n) is 44.0. The molecule has 0 atom stereocenters. The second-order valence-electron chi connectivity index (χ2n) is 21.2. The van der Waals surface area contributed by atoms with Gasteiger partial charge in [-0.3, -0.25) is 8.37 Å². The van der Waals surface area contributed by atoms with Crippen LogP contribution in [0.1, 0.15) is 63.8 Å². The summed E-state index contributed by atoms with van der Waals surface area (Å²) >= 11 is 0. The largest absolute Gasteiger partial charge is 0.457 e. The fraction of sp³-hybridized carbons (Fsp3) is 0.213. The summed E-state index contributed by atoms with van der Waals surface area (Å²) in [6.45, 7) is 14.5. The summed E-state index contributed by atoms with van der Waals surface area (Å²) in [7, 11) is -16.4. The molecule has 400 valence electrons. The van der Waals surface area contributed by atoms with Gasteiger partial charge in [0, 0.05) is 11.1 Å². The number of sulfone groups is 2. The molecule has 8 aromatic rings. The van der Waals surface area contributed by atoms with Crippen molar-refractivity contribution in [3.8, 4) is 45.3 Å². The Labute approximate surface area is 453 Å². The molecule has 0 aliphatic rings. The Hall–Kier alpha value is -6.92. The highest BCUT2D eigenvalue weighted by Gasteiger charge is 2.30. The van der Waals surface area contributed by atoms with E-state index in [0.717, 1.165) is 16.7 Å². The monoisotopic (exact) mass is 1110 g/mol. The summed E-state index contributed by atoms with van der Waals surface area (Å²) in [5.41, 5.74) is 4.00. The first-order valence-electron chi connectivity index (χ1n) is 24.6. The second kappa shape index (κ2) is 22.2. The SMILES string of the molecule is Cc1ccc(S(=O)(=O)c2ccc(Oc3ccc(-c4ccc(Oc5ccc(S(=O)(=O)c6ccc(Cc7ccc(-c8ccc(C)cc8S(=O)(=O)OCC(C)(C)C)c(S(=O)(=O)OCC(C)(C)C)c7)cc6)cc5)cc4)cc3)cc2)cc1. The molecule has 0 radical (unpaired) electrons. The van der Waals surface area contributed by atoms with Crippen LogP contribution in [0, 0.1) is 24.7 Å². The van der Waals surface area contributed by atoms with Crippen molar-refractivity contribution in [3.05, 3.63) is 204 Å². The molecule has 0 aliphatic heterocycles. The van der Waals surface area contributed by atoms with E-state index in [1.54, 1.807) is 91.9 Å². The molecule has 77 heavy (non-hydrogen) atoms. The van der Waals surface area contributed by atoms with Gasteiger partial charge in [0.25, 0.3) is 20.2 Å². The predicted molar refractivity (Wildman–Crippen MR) is 298 cm³/mol. The Morgan fingerprint density at radius 2 is 0.662 bits per heavy atom. The van der Waals surface area contributed by atoms with Crippen molar-refractivity contribution < 1.29 is 51.5 Å². The predicted octanol–water partition coefficient (Wildman–Crippen LogP) is 14.0. The molecular formula is C61H60O12S4. The summed E-state index contributed by atoms with van der Waals surface area (Å²) in [5.74, 6) is 2.04. The smallest absolute Gasteiger partial charge is 0.297 e. The first-order valence-corrected chi connectivity index (χ1v) is 30.4. The quantitative estimate of drug-likeness (QED) is 0.0745. The Morgan fingerprint density at radius 1 is 0.351 bits per heavy atom. The van der Waals surface area contributed by atoms with Crippen molar-refractivity contribution >= 4 is 39.9 Å². The van der Waals surface area contributed by atoms with Gasteiger partial charge < -0.3 is 9.47 Å². The molecule has 8 aromatic carbocycles. The number of ether oxygens (including phenoxy) is 2. The summed E-state index contributed by atoms with van der Waals surface area (Å²) in [6.07, 6.45) is 0.217. The first kappa shape index (κ1) is 56.3. The van der Waals surface area contributed by atoms with Gasteiger partial charge in [-0.2, -0.15) is 16.8 Å². The van der Waals surface area contributed by atoms with E-state index in [1.165, 1.54) is 48.5 Å². The molecule has 0 aromatic heterocycles. The normalized spacial score (nSPS) is 12.6. The fourth-order valence-corrected chi connectivity index (χ4v) is 13.2. The zero-order valence-corrected chi connectivity index (χ0v) is 47.2. The second-order valence-corrected chi connectivity index (χ2v) is 28.3. The third-order valence-electron chi connectivity index (χ3n) is 12.1. The van der Waals surface area contributed by atoms with Gasteiger partial charge in [-0.15, -0.1) is 0 Å². The lowest BCUT2D eigenvalue weighted by Crippen LogP contribution is -2.20. The highest BCUT2D eigenvalue weighted by molar-refractivity contribution is 7.91. The molecular weight excluding hydrogens is 1050 g/mol. The van der Waals surface area contributed by atoms with Crippen LogP contribution in [0.4, 0.5) is 0 Å². The Kier molecular flexibility index (Phi) is 16.2. The molecule has 16 heteroatoms. The van der Waals surface area contributed by atoms with E-state index in [1.807, 2.05) is 97.0 Å². The lowest BCUT2D eigenvalue weighted by atomic mass is 9.99. The van der Waals surface area contributed by atoms with Gasteiger partial charge in [0.15, 0.2) is 0 Å². The van der Waals surface area contributed by atoms with Crippen LogP contribution in [0.3, 0.4) is 0 Å². The molecule has 0 saturated heterocycles. The molecule has 8 rings (SSSR count). The van der Waals surface area contributed by atoms with Crippen molar-refractivity contribution in [2.24, 2.45) is 10.8 Å². The summed E-state index contributed by atoms with van der Waals surface area (Å²) in [6, 6.07) is 49.8. The van der Waals surface area contributed by atoms with E-state index in [9.17, 15) is 33.7 Å². The number of hydrogen-bond acceptors (Lipinski definition) is 12. The molecule has 0 unspecified atom stereocenters. The molecule has 0 saturated carbocycles. The Bertz CT molecular complexity index is 3860. The number of rotatable bonds is 18. The average molecular weight is 1110 g/mol. The summed E-state index contributed by atoms with van der Waals surface area (Å²) in [5, 5.41) is 0. The lowest BCUT2D eigenvalue weighted by molar-refractivity contribution is 0.203. The lowest BCUT2D eigenvalue weighted by Gasteiger charge is -2.21. The minimum Gasteiger partial charge on any atom is -0.457 e. The minimum absolute atomic E-state index is 0.0574. The van der Waals surface area contributed by atoms with Crippen LogP contribution in [0.15, 0.2) is 211 Å². The first-order chi connectivity index (χ1) is 36.1. The van der Waals surface area contributed by atoms with Crippen molar-refractivity contribution in [1.29, 1.82) is 0 Å². The summed E-state index contributed by atoms with van der Waals surface area (Å²) in [4.78, 5) is 0.137. The van der Waals surface area contributed by atoms with E-state index < -0.39 is 50.7 Å². The molecule has 0 amide bonds. The van der Waals surface area contributed by atoms with Gasteiger partial charge in [-0.05, 0) is 168 Å². The van der Waals surface area contributed by atoms with Crippen LogP contribution in [0.5, 0.6) is 23.0 Å². The molecule has 0 heterocycles. The molecule has 0 aliphatic carbocycles. The summed E-state index contributed by atoms with van der Waals surface area (Å²) < 4.78 is 132. The maximum atomic E-state index is 14.0. The molecule has 0 spiro atoms. The number of benzene rings is 8. The Balaban J connectivity index is 0.918. The van der Waals surface area contributed by atoms with E-state index in [0.29, 0.717) is 39.7 Å².